The zero-order chi connectivity index (χ0) is 14.8. The monoisotopic (exact) mass is 343 g/mol. The summed E-state index contributed by atoms with van der Waals surface area (Å²) in [6, 6.07) is 13.9. The lowest BCUT2D eigenvalue weighted by molar-refractivity contribution is 0.0994. The molecule has 1 heterocycles. The summed E-state index contributed by atoms with van der Waals surface area (Å²) in [6.45, 7) is 0. The number of Topliss-reactive ketones (excluding diaryl/α,β-unsaturated/α-hetero) is 1. The van der Waals surface area contributed by atoms with E-state index in [4.69, 9.17) is 0 Å². The fraction of sp³-hybridized carbons (Fsp3) is 0.0588. The molecule has 0 radical (unpaired) electrons. The molecular weight excluding hydrogens is 333 g/mol. The van der Waals surface area contributed by atoms with Gasteiger partial charge in [0.15, 0.2) is 5.78 Å². The molecular formula is C17H11BrFNO. The summed E-state index contributed by atoms with van der Waals surface area (Å²) in [4.78, 5) is 16.8. The van der Waals surface area contributed by atoms with Gasteiger partial charge in [-0.1, -0.05) is 30.3 Å². The Morgan fingerprint density at radius 2 is 1.90 bits per heavy atom. The molecule has 0 saturated carbocycles. The Kier molecular flexibility index (Phi) is 3.80. The number of carbonyl (C=O) groups excluding carboxylic acids is 1. The van der Waals surface area contributed by atoms with Crippen LogP contribution in [0, 0.1) is 5.82 Å². The maximum atomic E-state index is 13.5. The molecule has 21 heavy (non-hydrogen) atoms. The van der Waals surface area contributed by atoms with Crippen LogP contribution in [0.1, 0.15) is 15.9 Å². The van der Waals surface area contributed by atoms with Gasteiger partial charge in [-0.2, -0.15) is 0 Å². The minimum Gasteiger partial charge on any atom is -0.294 e. The van der Waals surface area contributed by atoms with Crippen LogP contribution >= 0.6 is 15.9 Å². The average molecular weight is 344 g/mol. The number of nitrogens with zero attached hydrogens (tertiary/aromatic N) is 1. The van der Waals surface area contributed by atoms with Gasteiger partial charge in [0.05, 0.1) is 9.99 Å². The van der Waals surface area contributed by atoms with Gasteiger partial charge >= 0.3 is 0 Å². The van der Waals surface area contributed by atoms with E-state index in [0.717, 1.165) is 10.9 Å². The summed E-state index contributed by atoms with van der Waals surface area (Å²) in [5, 5.41) is 0.817. The summed E-state index contributed by atoms with van der Waals surface area (Å²) in [5.41, 5.74) is 2.03. The van der Waals surface area contributed by atoms with Gasteiger partial charge in [0, 0.05) is 23.6 Å². The molecule has 0 N–H and O–H groups in total. The fourth-order valence-electron chi connectivity index (χ4n) is 2.29. The molecule has 0 atom stereocenters. The third kappa shape index (κ3) is 2.72. The van der Waals surface area contributed by atoms with Crippen molar-refractivity contribution in [3.05, 3.63) is 76.1 Å². The molecule has 2 aromatic carbocycles. The number of halogens is 2. The van der Waals surface area contributed by atoms with Gasteiger partial charge in [0.1, 0.15) is 5.82 Å². The zero-order valence-corrected chi connectivity index (χ0v) is 12.6. The van der Waals surface area contributed by atoms with E-state index in [0.29, 0.717) is 15.6 Å². The summed E-state index contributed by atoms with van der Waals surface area (Å²) in [7, 11) is 0. The van der Waals surface area contributed by atoms with Crippen molar-refractivity contribution in [2.75, 3.05) is 0 Å². The molecule has 3 aromatic rings. The minimum absolute atomic E-state index is 0.0556. The van der Waals surface area contributed by atoms with Crippen LogP contribution in [0.3, 0.4) is 0 Å². The smallest absolute Gasteiger partial charge is 0.168 e. The van der Waals surface area contributed by atoms with Gasteiger partial charge < -0.3 is 0 Å². The molecule has 3 rings (SSSR count). The third-order valence-electron chi connectivity index (χ3n) is 3.33. The molecule has 0 amide bonds. The Balaban J connectivity index is 2.00. The summed E-state index contributed by atoms with van der Waals surface area (Å²) in [6.07, 6.45) is 1.77. The van der Waals surface area contributed by atoms with Crippen LogP contribution in [0.4, 0.5) is 4.39 Å². The van der Waals surface area contributed by atoms with Crippen molar-refractivity contribution in [1.82, 2.24) is 4.98 Å². The molecule has 0 aliphatic carbocycles. The third-order valence-corrected chi connectivity index (χ3v) is 4.22. The Morgan fingerprint density at radius 1 is 1.10 bits per heavy atom. The van der Waals surface area contributed by atoms with Crippen LogP contribution in [0.25, 0.3) is 10.9 Å². The number of para-hydroxylation sites is 1. The number of rotatable bonds is 3. The van der Waals surface area contributed by atoms with Crippen molar-refractivity contribution < 1.29 is 9.18 Å². The normalized spacial score (nSPS) is 10.8. The number of hydrogen-bond donors (Lipinski definition) is 0. The summed E-state index contributed by atoms with van der Waals surface area (Å²) >= 11 is 3.19. The highest BCUT2D eigenvalue weighted by molar-refractivity contribution is 9.10. The van der Waals surface area contributed by atoms with Crippen molar-refractivity contribution >= 4 is 32.6 Å². The first kappa shape index (κ1) is 13.9. The van der Waals surface area contributed by atoms with Crippen molar-refractivity contribution in [3.8, 4) is 0 Å². The molecule has 0 unspecified atom stereocenters. The van der Waals surface area contributed by atoms with Crippen LogP contribution in [0.15, 0.2) is 59.2 Å². The van der Waals surface area contributed by atoms with Crippen molar-refractivity contribution in [3.63, 3.8) is 0 Å². The van der Waals surface area contributed by atoms with Crippen LogP contribution in [-0.4, -0.2) is 10.8 Å². The fourth-order valence-corrected chi connectivity index (χ4v) is 2.70. The van der Waals surface area contributed by atoms with Gasteiger partial charge in [-0.25, -0.2) is 4.39 Å². The second-order valence-corrected chi connectivity index (χ2v) is 5.48. The highest BCUT2D eigenvalue weighted by Gasteiger charge is 2.14. The molecule has 2 nitrogen and oxygen atoms in total. The van der Waals surface area contributed by atoms with E-state index in [1.54, 1.807) is 24.4 Å². The Labute approximate surface area is 129 Å². The quantitative estimate of drug-likeness (QED) is 0.652. The van der Waals surface area contributed by atoms with Gasteiger partial charge in [-0.15, -0.1) is 0 Å². The van der Waals surface area contributed by atoms with E-state index in [-0.39, 0.29) is 18.0 Å². The number of ketones is 1. The number of benzene rings is 2. The van der Waals surface area contributed by atoms with Crippen molar-refractivity contribution in [2.45, 2.75) is 6.42 Å². The van der Waals surface area contributed by atoms with E-state index >= 15 is 0 Å². The standard InChI is InChI=1S/C17H11BrFNO/c18-17-11(4-3-6-14(17)19)10-16(21)13-8-9-20-15-7-2-1-5-12(13)15/h1-9H,10H2. The Bertz CT molecular complexity index is 827. The highest BCUT2D eigenvalue weighted by Crippen LogP contribution is 2.23. The van der Waals surface area contributed by atoms with Crippen LogP contribution in [0.5, 0.6) is 0 Å². The number of hydrogen-bond acceptors (Lipinski definition) is 2. The second-order valence-electron chi connectivity index (χ2n) is 4.69. The predicted molar refractivity (Wildman–Crippen MR) is 83.9 cm³/mol. The van der Waals surface area contributed by atoms with E-state index < -0.39 is 0 Å². The number of aromatic nitrogens is 1. The lowest BCUT2D eigenvalue weighted by Crippen LogP contribution is -2.06. The maximum absolute atomic E-state index is 13.5. The molecule has 4 heteroatoms. The molecule has 0 fully saturated rings. The predicted octanol–water partition coefficient (Wildman–Crippen LogP) is 4.56. The van der Waals surface area contributed by atoms with Crippen LogP contribution in [0.2, 0.25) is 0 Å². The topological polar surface area (TPSA) is 30.0 Å². The molecule has 0 aliphatic rings. The van der Waals surface area contributed by atoms with Crippen LogP contribution in [-0.2, 0) is 6.42 Å². The van der Waals surface area contributed by atoms with Crippen LogP contribution < -0.4 is 0 Å². The lowest BCUT2D eigenvalue weighted by atomic mass is 10.00. The highest BCUT2D eigenvalue weighted by atomic mass is 79.9. The molecule has 0 aliphatic heterocycles. The second kappa shape index (κ2) is 5.74. The molecule has 0 spiro atoms. The lowest BCUT2D eigenvalue weighted by Gasteiger charge is -2.07. The molecule has 104 valence electrons. The van der Waals surface area contributed by atoms with E-state index in [1.165, 1.54) is 6.07 Å². The number of carbonyl (C=O) groups is 1. The van der Waals surface area contributed by atoms with Gasteiger partial charge in [-0.05, 0) is 39.7 Å². The first-order valence-corrected chi connectivity index (χ1v) is 7.26. The number of pyridine rings is 1. The molecule has 0 bridgehead atoms. The Morgan fingerprint density at radius 3 is 2.76 bits per heavy atom. The van der Waals surface area contributed by atoms with Gasteiger partial charge in [0.25, 0.3) is 0 Å². The van der Waals surface area contributed by atoms with Crippen molar-refractivity contribution in [1.29, 1.82) is 0 Å². The minimum atomic E-state index is -0.361. The first-order valence-electron chi connectivity index (χ1n) is 6.46. The largest absolute Gasteiger partial charge is 0.294 e. The number of fused-ring (bicyclic) bond motifs is 1. The Hall–Kier alpha value is -2.07. The average Bonchev–Trinajstić information content (AvgIpc) is 2.51. The van der Waals surface area contributed by atoms with Gasteiger partial charge in [0.2, 0.25) is 0 Å². The zero-order valence-electron chi connectivity index (χ0n) is 11.0. The van der Waals surface area contributed by atoms with E-state index in [9.17, 15) is 9.18 Å². The van der Waals surface area contributed by atoms with Gasteiger partial charge in [-0.3, -0.25) is 9.78 Å². The van der Waals surface area contributed by atoms with E-state index in [1.807, 2.05) is 24.3 Å². The SMILES string of the molecule is O=C(Cc1cccc(F)c1Br)c1ccnc2ccccc12. The van der Waals surface area contributed by atoms with E-state index in [2.05, 4.69) is 20.9 Å². The summed E-state index contributed by atoms with van der Waals surface area (Å²) < 4.78 is 13.9. The first-order chi connectivity index (χ1) is 10.2. The maximum Gasteiger partial charge on any atom is 0.168 e. The summed E-state index contributed by atoms with van der Waals surface area (Å²) in [5.74, 6) is -0.417. The molecule has 0 saturated heterocycles. The van der Waals surface area contributed by atoms with Crippen molar-refractivity contribution in [2.24, 2.45) is 0 Å². The molecule has 1 aromatic heterocycles.